The molecule has 126 valence electrons. The first-order valence-corrected chi connectivity index (χ1v) is 8.30. The molecular formula is C18H24FNO3. The molecular weight excluding hydrogens is 297 g/mol. The predicted molar refractivity (Wildman–Crippen MR) is 84.4 cm³/mol. The Morgan fingerprint density at radius 2 is 2.00 bits per heavy atom. The maximum Gasteiger partial charge on any atom is 0.306 e. The van der Waals surface area contributed by atoms with E-state index in [1.54, 1.807) is 19.1 Å². The van der Waals surface area contributed by atoms with E-state index in [1.807, 2.05) is 6.07 Å². The van der Waals surface area contributed by atoms with Crippen LogP contribution in [0.5, 0.6) is 0 Å². The number of halogens is 1. The van der Waals surface area contributed by atoms with Crippen LogP contribution in [0.4, 0.5) is 4.39 Å². The number of aryl methyl sites for hydroxylation is 1. The van der Waals surface area contributed by atoms with Gasteiger partial charge in [0.2, 0.25) is 0 Å². The van der Waals surface area contributed by atoms with Gasteiger partial charge in [0.05, 0.1) is 11.5 Å². The predicted octanol–water partition coefficient (Wildman–Crippen LogP) is 2.57. The fraction of sp³-hybridized carbons (Fsp3) is 0.611. The van der Waals surface area contributed by atoms with E-state index in [4.69, 9.17) is 5.11 Å². The maximum absolute atomic E-state index is 13.6. The molecule has 4 nitrogen and oxygen atoms in total. The van der Waals surface area contributed by atoms with Crippen LogP contribution in [0.2, 0.25) is 0 Å². The molecule has 0 radical (unpaired) electrons. The van der Waals surface area contributed by atoms with Crippen molar-refractivity contribution in [1.29, 1.82) is 0 Å². The molecule has 2 aliphatic rings. The fourth-order valence-electron chi connectivity index (χ4n) is 3.92. The summed E-state index contributed by atoms with van der Waals surface area (Å²) in [7, 11) is 0. The second-order valence-corrected chi connectivity index (χ2v) is 7.18. The molecule has 1 heterocycles. The summed E-state index contributed by atoms with van der Waals surface area (Å²) in [4.78, 5) is 13.2. The number of aliphatic hydroxyl groups is 1. The van der Waals surface area contributed by atoms with E-state index >= 15 is 0 Å². The second-order valence-electron chi connectivity index (χ2n) is 7.18. The summed E-state index contributed by atoms with van der Waals surface area (Å²) >= 11 is 0. The zero-order chi connectivity index (χ0) is 16.6. The van der Waals surface area contributed by atoms with Crippen molar-refractivity contribution in [2.45, 2.75) is 44.8 Å². The average Bonchev–Trinajstić information content (AvgIpc) is 2.48. The van der Waals surface area contributed by atoms with Crippen molar-refractivity contribution in [2.24, 2.45) is 11.8 Å². The zero-order valence-corrected chi connectivity index (χ0v) is 13.5. The quantitative estimate of drug-likeness (QED) is 0.895. The lowest BCUT2D eigenvalue weighted by molar-refractivity contribution is -0.170. The van der Waals surface area contributed by atoms with Gasteiger partial charge in [-0.15, -0.1) is 0 Å². The third-order valence-electron chi connectivity index (χ3n) is 5.54. The van der Waals surface area contributed by atoms with E-state index in [1.165, 1.54) is 0 Å². The van der Waals surface area contributed by atoms with Gasteiger partial charge in [-0.2, -0.15) is 0 Å². The highest BCUT2D eigenvalue weighted by Crippen LogP contribution is 2.46. The molecule has 1 saturated carbocycles. The van der Waals surface area contributed by atoms with Gasteiger partial charge in [0.1, 0.15) is 5.82 Å². The molecule has 1 aliphatic carbocycles. The topological polar surface area (TPSA) is 60.8 Å². The number of rotatable bonds is 4. The Morgan fingerprint density at radius 3 is 2.57 bits per heavy atom. The Bertz CT molecular complexity index is 590. The van der Waals surface area contributed by atoms with Crippen LogP contribution in [0.1, 0.15) is 36.8 Å². The van der Waals surface area contributed by atoms with Crippen LogP contribution in [0.3, 0.4) is 0 Å². The number of benzene rings is 1. The molecule has 0 amide bonds. The fourth-order valence-corrected chi connectivity index (χ4v) is 3.92. The Morgan fingerprint density at radius 1 is 1.35 bits per heavy atom. The third kappa shape index (κ3) is 3.40. The molecule has 23 heavy (non-hydrogen) atoms. The monoisotopic (exact) mass is 321 g/mol. The number of piperidine rings is 1. The van der Waals surface area contributed by atoms with Crippen molar-refractivity contribution in [2.75, 3.05) is 13.1 Å². The molecule has 0 unspecified atom stereocenters. The lowest BCUT2D eigenvalue weighted by Crippen LogP contribution is -2.54. The van der Waals surface area contributed by atoms with Gasteiger partial charge in [-0.1, -0.05) is 12.1 Å². The first kappa shape index (κ1) is 16.4. The largest absolute Gasteiger partial charge is 0.481 e. The van der Waals surface area contributed by atoms with E-state index in [0.29, 0.717) is 18.4 Å². The van der Waals surface area contributed by atoms with Crippen LogP contribution in [0, 0.1) is 24.6 Å². The number of hydrogen-bond donors (Lipinski definition) is 2. The lowest BCUT2D eigenvalue weighted by Gasteiger charge is -2.49. The summed E-state index contributed by atoms with van der Waals surface area (Å²) in [6, 6.07) is 5.36. The number of carboxylic acid groups (broad SMARTS) is 1. The Hall–Kier alpha value is -1.46. The summed E-state index contributed by atoms with van der Waals surface area (Å²) < 4.78 is 13.6. The number of hydrogen-bond acceptors (Lipinski definition) is 3. The molecule has 0 bridgehead atoms. The zero-order valence-electron chi connectivity index (χ0n) is 13.5. The Kier molecular flexibility index (Phi) is 4.43. The molecule has 1 aromatic carbocycles. The molecule has 1 saturated heterocycles. The van der Waals surface area contributed by atoms with E-state index in [2.05, 4.69) is 4.90 Å². The molecule has 1 aliphatic heterocycles. The molecule has 1 aromatic rings. The van der Waals surface area contributed by atoms with Crippen molar-refractivity contribution in [3.05, 3.63) is 35.1 Å². The van der Waals surface area contributed by atoms with Crippen LogP contribution in [-0.2, 0) is 11.3 Å². The standard InChI is InChI=1S/C18H24FNO3/c1-12-2-3-13(8-16(12)19)11-20-6-4-15(5-7-20)18(23)9-14(10-18)17(21)22/h2-3,8,14-15,23H,4-7,9-11H2,1H3,(H,21,22). The van der Waals surface area contributed by atoms with Crippen molar-refractivity contribution >= 4 is 5.97 Å². The van der Waals surface area contributed by atoms with Gasteiger partial charge < -0.3 is 10.2 Å². The molecule has 0 spiro atoms. The first-order valence-electron chi connectivity index (χ1n) is 8.30. The van der Waals surface area contributed by atoms with Crippen LogP contribution in [0.15, 0.2) is 18.2 Å². The van der Waals surface area contributed by atoms with Crippen molar-refractivity contribution in [3.63, 3.8) is 0 Å². The van der Waals surface area contributed by atoms with Gasteiger partial charge in [0.25, 0.3) is 0 Å². The SMILES string of the molecule is Cc1ccc(CN2CCC(C3(O)CC(C(=O)O)C3)CC2)cc1F. The average molecular weight is 321 g/mol. The Labute approximate surface area is 135 Å². The first-order chi connectivity index (χ1) is 10.9. The van der Waals surface area contributed by atoms with Gasteiger partial charge >= 0.3 is 5.97 Å². The molecule has 2 fully saturated rings. The number of aliphatic carboxylic acids is 1. The van der Waals surface area contributed by atoms with Crippen LogP contribution in [-0.4, -0.2) is 39.8 Å². The van der Waals surface area contributed by atoms with Gasteiger partial charge in [0, 0.05) is 6.54 Å². The number of likely N-dealkylation sites (tertiary alicyclic amines) is 1. The van der Waals surface area contributed by atoms with E-state index in [-0.39, 0.29) is 17.7 Å². The Balaban J connectivity index is 1.51. The number of carbonyl (C=O) groups is 1. The summed E-state index contributed by atoms with van der Waals surface area (Å²) in [5, 5.41) is 19.5. The molecule has 2 N–H and O–H groups in total. The minimum absolute atomic E-state index is 0.166. The van der Waals surface area contributed by atoms with Gasteiger partial charge in [-0.25, -0.2) is 4.39 Å². The van der Waals surface area contributed by atoms with E-state index < -0.39 is 11.6 Å². The highest BCUT2D eigenvalue weighted by Gasteiger charge is 2.51. The maximum atomic E-state index is 13.6. The van der Waals surface area contributed by atoms with Gasteiger partial charge in [-0.05, 0) is 68.8 Å². The van der Waals surface area contributed by atoms with Gasteiger partial charge in [-0.3, -0.25) is 9.69 Å². The van der Waals surface area contributed by atoms with Crippen molar-refractivity contribution < 1.29 is 19.4 Å². The van der Waals surface area contributed by atoms with E-state index in [9.17, 15) is 14.3 Å². The molecule has 0 aromatic heterocycles. The van der Waals surface area contributed by atoms with Gasteiger partial charge in [0.15, 0.2) is 0 Å². The smallest absolute Gasteiger partial charge is 0.306 e. The van der Waals surface area contributed by atoms with Crippen LogP contribution < -0.4 is 0 Å². The van der Waals surface area contributed by atoms with Crippen molar-refractivity contribution in [1.82, 2.24) is 4.90 Å². The molecule has 0 atom stereocenters. The summed E-state index contributed by atoms with van der Waals surface area (Å²) in [6.07, 6.45) is 2.51. The van der Waals surface area contributed by atoms with Crippen LogP contribution >= 0.6 is 0 Å². The second kappa shape index (κ2) is 6.21. The highest BCUT2D eigenvalue weighted by atomic mass is 19.1. The minimum Gasteiger partial charge on any atom is -0.481 e. The van der Waals surface area contributed by atoms with Crippen molar-refractivity contribution in [3.8, 4) is 0 Å². The molecule has 3 rings (SSSR count). The minimum atomic E-state index is -0.798. The highest BCUT2D eigenvalue weighted by molar-refractivity contribution is 5.71. The lowest BCUT2D eigenvalue weighted by atomic mass is 9.62. The summed E-state index contributed by atoms with van der Waals surface area (Å²) in [5.74, 6) is -1.16. The van der Waals surface area contributed by atoms with Crippen LogP contribution in [0.25, 0.3) is 0 Å². The number of carboxylic acids is 1. The number of nitrogens with zero attached hydrogens (tertiary/aromatic N) is 1. The normalized spacial score (nSPS) is 29.3. The van der Waals surface area contributed by atoms with E-state index in [0.717, 1.165) is 38.0 Å². The summed E-state index contributed by atoms with van der Waals surface area (Å²) in [5.41, 5.74) is 0.845. The molecule has 5 heteroatoms. The third-order valence-corrected chi connectivity index (χ3v) is 5.54. The summed E-state index contributed by atoms with van der Waals surface area (Å²) in [6.45, 7) is 4.20.